The second-order valence-corrected chi connectivity index (χ2v) is 22.3. The summed E-state index contributed by atoms with van der Waals surface area (Å²) in [5, 5.41) is 0. The van der Waals surface area contributed by atoms with E-state index < -0.39 is 6.10 Å². The minimum Gasteiger partial charge on any atom is -0.462 e. The highest BCUT2D eigenvalue weighted by atomic mass is 16.6. The van der Waals surface area contributed by atoms with Crippen LogP contribution in [0.3, 0.4) is 0 Å². The Kier molecular flexibility index (Phi) is 64.8. The first-order valence-electron chi connectivity index (χ1n) is 34.0. The number of hydrogen-bond donors (Lipinski definition) is 0. The van der Waals surface area contributed by atoms with Crippen molar-refractivity contribution >= 4 is 17.9 Å². The predicted molar refractivity (Wildman–Crippen MR) is 353 cm³/mol. The number of allylic oxidation sites excluding steroid dienone is 20. The lowest BCUT2D eigenvalue weighted by atomic mass is 10.0. The van der Waals surface area contributed by atoms with E-state index in [1.54, 1.807) is 0 Å². The van der Waals surface area contributed by atoms with Gasteiger partial charge in [-0.2, -0.15) is 0 Å². The Balaban J connectivity index is 4.02. The maximum absolute atomic E-state index is 12.9. The molecule has 0 aromatic heterocycles. The van der Waals surface area contributed by atoms with E-state index in [0.29, 0.717) is 19.3 Å². The molecule has 0 aromatic rings. The van der Waals surface area contributed by atoms with E-state index in [9.17, 15) is 14.4 Å². The fourth-order valence-corrected chi connectivity index (χ4v) is 9.44. The van der Waals surface area contributed by atoms with Gasteiger partial charge in [0.1, 0.15) is 13.2 Å². The molecular formula is C75H126O6. The lowest BCUT2D eigenvalue weighted by Gasteiger charge is -2.18. The molecule has 0 aliphatic heterocycles. The molecule has 6 heteroatoms. The number of ether oxygens (including phenoxy) is 3. The summed E-state index contributed by atoms with van der Waals surface area (Å²) in [6, 6.07) is 0. The molecule has 0 aromatic carbocycles. The van der Waals surface area contributed by atoms with E-state index >= 15 is 0 Å². The zero-order chi connectivity index (χ0) is 58.5. The van der Waals surface area contributed by atoms with Crippen LogP contribution < -0.4 is 0 Å². The van der Waals surface area contributed by atoms with Crippen LogP contribution in [0.25, 0.3) is 0 Å². The molecule has 0 N–H and O–H groups in total. The van der Waals surface area contributed by atoms with Crippen molar-refractivity contribution in [2.75, 3.05) is 13.2 Å². The minimum atomic E-state index is -0.778. The van der Waals surface area contributed by atoms with E-state index in [1.807, 2.05) is 0 Å². The Bertz CT molecular complexity index is 1670. The summed E-state index contributed by atoms with van der Waals surface area (Å²) in [5.41, 5.74) is 0. The third-order valence-electron chi connectivity index (χ3n) is 14.5. The Morgan fingerprint density at radius 3 is 0.753 bits per heavy atom. The number of unbranched alkanes of at least 4 members (excludes halogenated alkanes) is 30. The normalized spacial score (nSPS) is 12.9. The quantitative estimate of drug-likeness (QED) is 0.0261. The van der Waals surface area contributed by atoms with Gasteiger partial charge in [-0.15, -0.1) is 0 Å². The van der Waals surface area contributed by atoms with Gasteiger partial charge < -0.3 is 14.2 Å². The monoisotopic (exact) mass is 1120 g/mol. The second kappa shape index (κ2) is 68.3. The molecule has 1 atom stereocenters. The summed E-state index contributed by atoms with van der Waals surface area (Å²) in [6.07, 6.45) is 95.6. The fourth-order valence-electron chi connectivity index (χ4n) is 9.44. The largest absolute Gasteiger partial charge is 0.462 e. The van der Waals surface area contributed by atoms with Gasteiger partial charge in [-0.05, 0) is 109 Å². The summed E-state index contributed by atoms with van der Waals surface area (Å²) >= 11 is 0. The second-order valence-electron chi connectivity index (χ2n) is 22.3. The third kappa shape index (κ3) is 66.5. The number of carbonyl (C=O) groups is 3. The molecule has 0 amide bonds. The van der Waals surface area contributed by atoms with Gasteiger partial charge in [-0.1, -0.05) is 309 Å². The van der Waals surface area contributed by atoms with Crippen molar-refractivity contribution in [3.8, 4) is 0 Å². The summed E-state index contributed by atoms with van der Waals surface area (Å²) in [5.74, 6) is -0.889. The maximum Gasteiger partial charge on any atom is 0.306 e. The zero-order valence-electron chi connectivity index (χ0n) is 53.0. The highest BCUT2D eigenvalue weighted by molar-refractivity contribution is 5.71. The zero-order valence-corrected chi connectivity index (χ0v) is 53.0. The van der Waals surface area contributed by atoms with Gasteiger partial charge in [-0.3, -0.25) is 14.4 Å². The lowest BCUT2D eigenvalue weighted by molar-refractivity contribution is -0.167. The van der Waals surface area contributed by atoms with Gasteiger partial charge in [0.05, 0.1) is 0 Å². The van der Waals surface area contributed by atoms with Crippen molar-refractivity contribution in [3.63, 3.8) is 0 Å². The number of carbonyl (C=O) groups excluding carboxylic acids is 3. The topological polar surface area (TPSA) is 78.9 Å². The first kappa shape index (κ1) is 76.8. The molecule has 0 bridgehead atoms. The molecule has 0 aliphatic rings. The van der Waals surface area contributed by atoms with E-state index in [1.165, 1.54) is 148 Å². The van der Waals surface area contributed by atoms with Gasteiger partial charge in [0.15, 0.2) is 6.10 Å². The van der Waals surface area contributed by atoms with Crippen molar-refractivity contribution < 1.29 is 28.6 Å². The Hall–Kier alpha value is -4.19. The Morgan fingerprint density at radius 1 is 0.259 bits per heavy atom. The fraction of sp³-hybridized carbons (Fsp3) is 0.693. The van der Waals surface area contributed by atoms with Crippen LogP contribution in [0.5, 0.6) is 0 Å². The van der Waals surface area contributed by atoms with E-state index in [-0.39, 0.29) is 31.1 Å². The van der Waals surface area contributed by atoms with Gasteiger partial charge in [0.2, 0.25) is 0 Å². The van der Waals surface area contributed by atoms with Crippen LogP contribution in [-0.4, -0.2) is 37.2 Å². The van der Waals surface area contributed by atoms with Crippen molar-refractivity contribution in [2.24, 2.45) is 0 Å². The van der Waals surface area contributed by atoms with Crippen molar-refractivity contribution in [3.05, 3.63) is 122 Å². The van der Waals surface area contributed by atoms with Crippen LogP contribution in [0.15, 0.2) is 122 Å². The molecule has 1 unspecified atom stereocenters. The average molecular weight is 1120 g/mol. The van der Waals surface area contributed by atoms with Crippen LogP contribution in [0.2, 0.25) is 0 Å². The average Bonchev–Trinajstić information content (AvgIpc) is 3.47. The van der Waals surface area contributed by atoms with E-state index in [4.69, 9.17) is 14.2 Å². The first-order valence-corrected chi connectivity index (χ1v) is 34.0. The summed E-state index contributed by atoms with van der Waals surface area (Å²) in [7, 11) is 0. The molecule has 81 heavy (non-hydrogen) atoms. The van der Waals surface area contributed by atoms with Gasteiger partial charge in [0, 0.05) is 19.3 Å². The number of rotatable bonds is 61. The molecule has 0 aliphatic carbocycles. The Labute approximate surface area is 501 Å². The Morgan fingerprint density at radius 2 is 0.481 bits per heavy atom. The van der Waals surface area contributed by atoms with Crippen LogP contribution in [0, 0.1) is 0 Å². The van der Waals surface area contributed by atoms with Crippen LogP contribution >= 0.6 is 0 Å². The number of esters is 3. The van der Waals surface area contributed by atoms with Crippen molar-refractivity contribution in [2.45, 2.75) is 322 Å². The van der Waals surface area contributed by atoms with Crippen molar-refractivity contribution in [1.29, 1.82) is 0 Å². The molecule has 0 rings (SSSR count). The molecule has 0 heterocycles. The molecule has 0 saturated carbocycles. The highest BCUT2D eigenvalue weighted by Gasteiger charge is 2.19. The lowest BCUT2D eigenvalue weighted by Crippen LogP contribution is -2.30. The predicted octanol–water partition coefficient (Wildman–Crippen LogP) is 23.6. The van der Waals surface area contributed by atoms with E-state index in [2.05, 4.69) is 142 Å². The van der Waals surface area contributed by atoms with Crippen LogP contribution in [0.4, 0.5) is 0 Å². The molecule has 462 valence electrons. The van der Waals surface area contributed by atoms with Crippen molar-refractivity contribution in [1.82, 2.24) is 0 Å². The molecule has 0 saturated heterocycles. The smallest absolute Gasteiger partial charge is 0.306 e. The molecule has 0 radical (unpaired) electrons. The molecular weight excluding hydrogens is 997 g/mol. The summed E-state index contributed by atoms with van der Waals surface area (Å²) in [4.78, 5) is 38.0. The summed E-state index contributed by atoms with van der Waals surface area (Å²) < 4.78 is 16.8. The van der Waals surface area contributed by atoms with Crippen LogP contribution in [-0.2, 0) is 28.6 Å². The molecule has 0 spiro atoms. The standard InChI is InChI=1S/C75H126O6/c1-4-7-10-13-15-17-19-21-23-25-27-29-31-33-35-37-39-41-43-45-47-49-51-53-55-57-59-62-65-68-74(77)80-71-72(70-79-73(76)67-64-61-12-9-6-3)81-75(78)69-66-63-60-58-56-54-52-50-48-46-44-42-40-38-36-34-32-30-28-26-24-22-20-18-16-14-11-8-5-2/h7-8,10-11,15-18,21-24,27-30,33,35,39,41,72H,4-6,9,12-14,19-20,25-26,31-32,34,36-38,40,42-71H2,1-3H3/b10-7-,11-8-,17-15-,18-16-,23-21-,24-22-,29-27-,30-28-,35-33-,41-39-. The summed E-state index contributed by atoms with van der Waals surface area (Å²) in [6.45, 7) is 6.35. The van der Waals surface area contributed by atoms with Gasteiger partial charge in [0.25, 0.3) is 0 Å². The SMILES string of the molecule is CC/C=C\C/C=C\C/C=C\C/C=C\C/C=C\C/C=C\CCCCCCCCCCCCC(=O)OCC(COC(=O)CCCCCCC)OC(=O)CCCCCCCCCCCCCCCCCC/C=C\C/C=C\C/C=C\C/C=C\CC. The third-order valence-corrected chi connectivity index (χ3v) is 14.5. The van der Waals surface area contributed by atoms with Gasteiger partial charge in [-0.25, -0.2) is 0 Å². The first-order chi connectivity index (χ1) is 40.0. The van der Waals surface area contributed by atoms with Gasteiger partial charge >= 0.3 is 17.9 Å². The van der Waals surface area contributed by atoms with E-state index in [0.717, 1.165) is 128 Å². The molecule has 6 nitrogen and oxygen atoms in total. The highest BCUT2D eigenvalue weighted by Crippen LogP contribution is 2.17. The minimum absolute atomic E-state index is 0.0789. The molecule has 0 fully saturated rings. The maximum atomic E-state index is 12.9. The number of hydrogen-bond acceptors (Lipinski definition) is 6. The van der Waals surface area contributed by atoms with Crippen LogP contribution in [0.1, 0.15) is 316 Å².